The van der Waals surface area contributed by atoms with Crippen LogP contribution in [-0.4, -0.2) is 83.1 Å². The van der Waals surface area contributed by atoms with Gasteiger partial charge in [0.1, 0.15) is 6.61 Å². The van der Waals surface area contributed by atoms with Gasteiger partial charge in [0.05, 0.1) is 13.2 Å². The molecular formula is C12H25N3O5S. The molecule has 21 heavy (non-hydrogen) atoms. The standard InChI is InChI=1S/C12H25N3O5S/c1-14(2)21(17,18)15-6-4-11(5-7-15)13-12(16)10-20-9-8-19-3/h11H,4-10H2,1-3H3,(H,13,16). The average molecular weight is 323 g/mol. The van der Waals surface area contributed by atoms with Gasteiger partial charge in [0.25, 0.3) is 10.2 Å². The fraction of sp³-hybridized carbons (Fsp3) is 0.917. The normalized spacial score (nSPS) is 18.1. The highest BCUT2D eigenvalue weighted by atomic mass is 32.2. The SMILES string of the molecule is COCCOCC(=O)NC1CCN(S(=O)(=O)N(C)C)CC1. The van der Waals surface area contributed by atoms with Gasteiger partial charge in [-0.25, -0.2) is 0 Å². The summed E-state index contributed by atoms with van der Waals surface area (Å²) in [5.41, 5.74) is 0. The molecule has 0 aliphatic carbocycles. The highest BCUT2D eigenvalue weighted by Crippen LogP contribution is 2.15. The van der Waals surface area contributed by atoms with E-state index in [0.29, 0.717) is 39.1 Å². The van der Waals surface area contributed by atoms with Crippen LogP contribution in [0.1, 0.15) is 12.8 Å². The van der Waals surface area contributed by atoms with E-state index in [9.17, 15) is 13.2 Å². The Labute approximate surface area is 126 Å². The minimum Gasteiger partial charge on any atom is -0.382 e. The molecule has 1 rings (SSSR count). The van der Waals surface area contributed by atoms with Crippen molar-refractivity contribution in [2.45, 2.75) is 18.9 Å². The van der Waals surface area contributed by atoms with Crippen molar-refractivity contribution in [2.24, 2.45) is 0 Å². The quantitative estimate of drug-likeness (QED) is 0.581. The van der Waals surface area contributed by atoms with Gasteiger partial charge < -0.3 is 14.8 Å². The molecule has 1 amide bonds. The van der Waals surface area contributed by atoms with Crippen LogP contribution in [0.25, 0.3) is 0 Å². The van der Waals surface area contributed by atoms with E-state index < -0.39 is 10.2 Å². The summed E-state index contributed by atoms with van der Waals surface area (Å²) in [5.74, 6) is -0.181. The summed E-state index contributed by atoms with van der Waals surface area (Å²) in [6.45, 7) is 1.66. The summed E-state index contributed by atoms with van der Waals surface area (Å²) in [7, 11) is 1.24. The number of carbonyl (C=O) groups is 1. The van der Waals surface area contributed by atoms with E-state index in [4.69, 9.17) is 9.47 Å². The van der Waals surface area contributed by atoms with Gasteiger partial charge in [-0.05, 0) is 12.8 Å². The highest BCUT2D eigenvalue weighted by Gasteiger charge is 2.29. The summed E-state index contributed by atoms with van der Waals surface area (Å²) in [4.78, 5) is 11.6. The van der Waals surface area contributed by atoms with Crippen molar-refractivity contribution >= 4 is 16.1 Å². The van der Waals surface area contributed by atoms with Crippen LogP contribution < -0.4 is 5.32 Å². The third kappa shape index (κ3) is 5.87. The summed E-state index contributed by atoms with van der Waals surface area (Å²) in [6, 6.07) is -0.00265. The lowest BCUT2D eigenvalue weighted by Crippen LogP contribution is -2.49. The van der Waals surface area contributed by atoms with Crippen LogP contribution in [0.3, 0.4) is 0 Å². The number of piperidine rings is 1. The van der Waals surface area contributed by atoms with Gasteiger partial charge in [-0.15, -0.1) is 0 Å². The second kappa shape index (κ2) is 8.64. The molecule has 9 heteroatoms. The molecule has 1 saturated heterocycles. The molecule has 0 saturated carbocycles. The lowest BCUT2D eigenvalue weighted by atomic mass is 10.1. The topological polar surface area (TPSA) is 88.2 Å². The van der Waals surface area contributed by atoms with Crippen molar-refractivity contribution in [1.29, 1.82) is 0 Å². The van der Waals surface area contributed by atoms with Crippen LogP contribution in [0, 0.1) is 0 Å². The molecule has 0 aromatic carbocycles. The number of hydrogen-bond donors (Lipinski definition) is 1. The first-order valence-corrected chi connectivity index (χ1v) is 8.31. The first-order chi connectivity index (χ1) is 9.87. The van der Waals surface area contributed by atoms with Gasteiger partial charge in [-0.1, -0.05) is 0 Å². The van der Waals surface area contributed by atoms with Crippen molar-refractivity contribution < 1.29 is 22.7 Å². The van der Waals surface area contributed by atoms with Crippen molar-refractivity contribution in [2.75, 3.05) is 54.1 Å². The van der Waals surface area contributed by atoms with E-state index in [-0.39, 0.29) is 18.6 Å². The van der Waals surface area contributed by atoms with Gasteiger partial charge in [-0.2, -0.15) is 17.0 Å². The molecule has 1 heterocycles. The average Bonchev–Trinajstić information content (AvgIpc) is 2.44. The Morgan fingerprint density at radius 3 is 2.43 bits per heavy atom. The molecule has 124 valence electrons. The molecule has 0 radical (unpaired) electrons. The maximum atomic E-state index is 11.9. The monoisotopic (exact) mass is 323 g/mol. The fourth-order valence-corrected chi connectivity index (χ4v) is 3.17. The summed E-state index contributed by atoms with van der Waals surface area (Å²) >= 11 is 0. The third-order valence-electron chi connectivity index (χ3n) is 3.27. The molecule has 0 unspecified atom stereocenters. The van der Waals surface area contributed by atoms with Crippen molar-refractivity contribution in [3.63, 3.8) is 0 Å². The van der Waals surface area contributed by atoms with Gasteiger partial charge >= 0.3 is 0 Å². The Kier molecular flexibility index (Phi) is 7.53. The molecule has 1 fully saturated rings. The van der Waals surface area contributed by atoms with Gasteiger partial charge in [-0.3, -0.25) is 4.79 Å². The van der Waals surface area contributed by atoms with Crippen molar-refractivity contribution in [3.05, 3.63) is 0 Å². The number of ether oxygens (including phenoxy) is 2. The second-order valence-corrected chi connectivity index (χ2v) is 7.22. The van der Waals surface area contributed by atoms with Crippen LogP contribution in [0.15, 0.2) is 0 Å². The summed E-state index contributed by atoms with van der Waals surface area (Å²) in [6.07, 6.45) is 1.22. The van der Waals surface area contributed by atoms with Gasteiger partial charge in [0.2, 0.25) is 5.91 Å². The Morgan fingerprint density at radius 2 is 1.90 bits per heavy atom. The van der Waals surface area contributed by atoms with Crippen LogP contribution in [0.5, 0.6) is 0 Å². The summed E-state index contributed by atoms with van der Waals surface area (Å²) < 4.78 is 36.5. The number of nitrogens with one attached hydrogen (secondary N) is 1. The third-order valence-corrected chi connectivity index (χ3v) is 5.21. The Balaban J connectivity index is 2.29. The molecule has 1 aliphatic rings. The van der Waals surface area contributed by atoms with Crippen LogP contribution in [0.2, 0.25) is 0 Å². The number of rotatable bonds is 8. The van der Waals surface area contributed by atoms with E-state index in [1.807, 2.05) is 0 Å². The zero-order valence-electron chi connectivity index (χ0n) is 12.9. The smallest absolute Gasteiger partial charge is 0.281 e. The zero-order valence-corrected chi connectivity index (χ0v) is 13.7. The van der Waals surface area contributed by atoms with Crippen molar-refractivity contribution in [3.8, 4) is 0 Å². The number of methoxy groups -OCH3 is 1. The minimum absolute atomic E-state index is 0.000426. The maximum Gasteiger partial charge on any atom is 0.281 e. The lowest BCUT2D eigenvalue weighted by Gasteiger charge is -2.33. The van der Waals surface area contributed by atoms with Gasteiger partial charge in [0, 0.05) is 40.3 Å². The fourth-order valence-electron chi connectivity index (χ4n) is 2.04. The predicted molar refractivity (Wildman–Crippen MR) is 78.0 cm³/mol. The highest BCUT2D eigenvalue weighted by molar-refractivity contribution is 7.86. The number of nitrogens with zero attached hydrogens (tertiary/aromatic N) is 2. The molecule has 0 bridgehead atoms. The molecule has 1 aliphatic heterocycles. The summed E-state index contributed by atoms with van der Waals surface area (Å²) in [5, 5.41) is 2.86. The first kappa shape index (κ1) is 18.3. The molecule has 0 spiro atoms. The van der Waals surface area contributed by atoms with Crippen molar-refractivity contribution in [1.82, 2.24) is 13.9 Å². The Bertz CT molecular complexity index is 419. The van der Waals surface area contributed by atoms with E-state index in [2.05, 4.69) is 5.32 Å². The van der Waals surface area contributed by atoms with Crippen LogP contribution in [0.4, 0.5) is 0 Å². The Morgan fingerprint density at radius 1 is 1.29 bits per heavy atom. The first-order valence-electron chi connectivity index (χ1n) is 6.91. The van der Waals surface area contributed by atoms with E-state index in [0.717, 1.165) is 0 Å². The maximum absolute atomic E-state index is 11.9. The molecule has 0 atom stereocenters. The second-order valence-electron chi connectivity index (χ2n) is 5.08. The van der Waals surface area contributed by atoms with E-state index in [1.165, 1.54) is 22.7 Å². The zero-order chi connectivity index (χ0) is 15.9. The molecule has 0 aromatic rings. The van der Waals surface area contributed by atoms with Gasteiger partial charge in [0.15, 0.2) is 0 Å². The van der Waals surface area contributed by atoms with E-state index >= 15 is 0 Å². The number of amides is 1. The molecule has 1 N–H and O–H groups in total. The Hall–Kier alpha value is -0.740. The predicted octanol–water partition coefficient (Wildman–Crippen LogP) is -0.964. The van der Waals surface area contributed by atoms with Crippen LogP contribution >= 0.6 is 0 Å². The largest absolute Gasteiger partial charge is 0.382 e. The number of hydrogen-bond acceptors (Lipinski definition) is 5. The lowest BCUT2D eigenvalue weighted by molar-refractivity contribution is -0.127. The number of carbonyl (C=O) groups excluding carboxylic acids is 1. The molecular weight excluding hydrogens is 298 g/mol. The minimum atomic E-state index is -3.36. The molecule has 0 aromatic heterocycles. The molecule has 8 nitrogen and oxygen atoms in total. The van der Waals surface area contributed by atoms with Crippen LogP contribution in [-0.2, 0) is 24.5 Å². The van der Waals surface area contributed by atoms with E-state index in [1.54, 1.807) is 7.11 Å².